The molecular formula is C30H25N9O2. The van der Waals surface area contributed by atoms with Crippen LogP contribution in [0.1, 0.15) is 27.5 Å². The van der Waals surface area contributed by atoms with Crippen molar-refractivity contribution < 1.29 is 9.53 Å². The van der Waals surface area contributed by atoms with Gasteiger partial charge < -0.3 is 21.5 Å². The van der Waals surface area contributed by atoms with Gasteiger partial charge in [-0.05, 0) is 48.0 Å². The van der Waals surface area contributed by atoms with Crippen molar-refractivity contribution in [3.05, 3.63) is 108 Å². The maximum atomic E-state index is 13.1. The van der Waals surface area contributed by atoms with E-state index in [-0.39, 0.29) is 18.5 Å². The number of rotatable bonds is 6. The third-order valence-electron chi connectivity index (χ3n) is 7.13. The number of nitrogens with zero attached hydrogens (tertiary/aromatic N) is 6. The van der Waals surface area contributed by atoms with Crippen molar-refractivity contribution in [1.82, 2.24) is 34.6 Å². The summed E-state index contributed by atoms with van der Waals surface area (Å²) in [6.07, 6.45) is 5.18. The van der Waals surface area contributed by atoms with E-state index in [1.54, 1.807) is 23.1 Å². The Morgan fingerprint density at radius 1 is 1.02 bits per heavy atom. The molecule has 11 heteroatoms. The van der Waals surface area contributed by atoms with Crippen LogP contribution in [0, 0.1) is 0 Å². The standard InChI is InChI=1S/C30H25N9O2/c31-16-18-5-1-2-6-20(18)30(40)36-24-17-41-25-15-19(8-9-21(24)25)39-28(22-7-3-12-33-27(22)32)35-23-10-11-26(37-29(23)39)38-14-4-13-34-38/h1-15,24H,16-17,31H2,(H2,32,33)(H,36,40)/t24-/m0/s1. The van der Waals surface area contributed by atoms with Crippen LogP contribution in [0.2, 0.25) is 0 Å². The van der Waals surface area contributed by atoms with E-state index in [0.717, 1.165) is 16.8 Å². The Morgan fingerprint density at radius 2 is 1.93 bits per heavy atom. The maximum Gasteiger partial charge on any atom is 0.252 e. The van der Waals surface area contributed by atoms with Gasteiger partial charge in [-0.3, -0.25) is 9.36 Å². The summed E-state index contributed by atoms with van der Waals surface area (Å²) in [6.45, 7) is 0.591. The maximum absolute atomic E-state index is 13.1. The number of nitrogens with one attached hydrogen (secondary N) is 1. The molecule has 1 atom stereocenters. The van der Waals surface area contributed by atoms with Crippen LogP contribution in [0.15, 0.2) is 91.4 Å². The Kier molecular flexibility index (Phi) is 5.90. The van der Waals surface area contributed by atoms with Crippen LogP contribution in [0.5, 0.6) is 5.75 Å². The lowest BCUT2D eigenvalue weighted by Crippen LogP contribution is -2.30. The van der Waals surface area contributed by atoms with E-state index in [4.69, 9.17) is 26.2 Å². The van der Waals surface area contributed by atoms with Crippen LogP contribution in [-0.2, 0) is 6.54 Å². The summed E-state index contributed by atoms with van der Waals surface area (Å²) in [5.74, 6) is 2.07. The van der Waals surface area contributed by atoms with Crippen LogP contribution in [0.25, 0.3) is 34.1 Å². The third kappa shape index (κ3) is 4.24. The SMILES string of the molecule is NCc1ccccc1C(=O)N[C@H]1COc2cc(-n3c(-c4cccnc4N)nc4ccc(-n5cccn5)nc43)ccc21. The molecule has 5 heterocycles. The number of nitrogen functional groups attached to an aromatic ring is 1. The Bertz CT molecular complexity index is 1910. The molecule has 2 aromatic carbocycles. The average molecular weight is 544 g/mol. The molecule has 0 aliphatic carbocycles. The number of fused-ring (bicyclic) bond motifs is 2. The molecule has 1 amide bonds. The number of carbonyl (C=O) groups excluding carboxylic acids is 1. The fourth-order valence-electron chi connectivity index (χ4n) is 5.12. The minimum absolute atomic E-state index is 0.193. The number of carbonyl (C=O) groups is 1. The summed E-state index contributed by atoms with van der Waals surface area (Å²) in [5, 5.41) is 7.41. The van der Waals surface area contributed by atoms with E-state index in [2.05, 4.69) is 15.4 Å². The minimum Gasteiger partial charge on any atom is -0.491 e. The number of anilines is 1. The van der Waals surface area contributed by atoms with Gasteiger partial charge in [-0.15, -0.1) is 0 Å². The second-order valence-electron chi connectivity index (χ2n) is 9.59. The Morgan fingerprint density at radius 3 is 2.76 bits per heavy atom. The van der Waals surface area contributed by atoms with Crippen molar-refractivity contribution in [2.24, 2.45) is 5.73 Å². The predicted molar refractivity (Wildman–Crippen MR) is 154 cm³/mol. The summed E-state index contributed by atoms with van der Waals surface area (Å²) in [7, 11) is 0. The van der Waals surface area contributed by atoms with E-state index in [0.29, 0.717) is 52.1 Å². The van der Waals surface area contributed by atoms with E-state index < -0.39 is 0 Å². The molecule has 0 radical (unpaired) electrons. The zero-order chi connectivity index (χ0) is 27.9. The number of hydrogen-bond donors (Lipinski definition) is 3. The smallest absolute Gasteiger partial charge is 0.252 e. The monoisotopic (exact) mass is 543 g/mol. The van der Waals surface area contributed by atoms with Crippen molar-refractivity contribution in [3.8, 4) is 28.6 Å². The molecule has 0 unspecified atom stereocenters. The van der Waals surface area contributed by atoms with Crippen molar-refractivity contribution in [1.29, 1.82) is 0 Å². The lowest BCUT2D eigenvalue weighted by atomic mass is 10.0. The van der Waals surface area contributed by atoms with Gasteiger partial charge in [-0.25, -0.2) is 19.6 Å². The minimum atomic E-state index is -0.310. The molecular weight excluding hydrogens is 518 g/mol. The van der Waals surface area contributed by atoms with Crippen LogP contribution < -0.4 is 21.5 Å². The van der Waals surface area contributed by atoms with Gasteiger partial charge in [0.05, 0.1) is 17.3 Å². The molecule has 0 spiro atoms. The zero-order valence-corrected chi connectivity index (χ0v) is 21.8. The highest BCUT2D eigenvalue weighted by molar-refractivity contribution is 5.96. The molecule has 4 aromatic heterocycles. The molecule has 6 aromatic rings. The molecule has 0 saturated carbocycles. The summed E-state index contributed by atoms with van der Waals surface area (Å²) < 4.78 is 9.69. The quantitative estimate of drug-likeness (QED) is 0.288. The first-order valence-electron chi connectivity index (χ1n) is 13.1. The molecule has 41 heavy (non-hydrogen) atoms. The van der Waals surface area contributed by atoms with Crippen LogP contribution in [-0.4, -0.2) is 41.8 Å². The first-order chi connectivity index (χ1) is 20.1. The average Bonchev–Trinajstić information content (AvgIpc) is 3.76. The van der Waals surface area contributed by atoms with Crippen molar-refractivity contribution in [2.45, 2.75) is 12.6 Å². The van der Waals surface area contributed by atoms with Crippen LogP contribution in [0.3, 0.4) is 0 Å². The third-order valence-corrected chi connectivity index (χ3v) is 7.13. The Labute approximate surface area is 234 Å². The van der Waals surface area contributed by atoms with Crippen LogP contribution in [0.4, 0.5) is 5.82 Å². The lowest BCUT2D eigenvalue weighted by Gasteiger charge is -2.14. The van der Waals surface area contributed by atoms with E-state index in [1.165, 1.54) is 0 Å². The summed E-state index contributed by atoms with van der Waals surface area (Å²) in [4.78, 5) is 27.1. The molecule has 1 aliphatic heterocycles. The van der Waals surface area contributed by atoms with Gasteiger partial charge in [0, 0.05) is 42.3 Å². The van der Waals surface area contributed by atoms with Crippen molar-refractivity contribution in [3.63, 3.8) is 0 Å². The summed E-state index contributed by atoms with van der Waals surface area (Å²) >= 11 is 0. The largest absolute Gasteiger partial charge is 0.491 e. The number of amides is 1. The molecule has 202 valence electrons. The van der Waals surface area contributed by atoms with Crippen molar-refractivity contribution in [2.75, 3.05) is 12.3 Å². The van der Waals surface area contributed by atoms with Gasteiger partial charge in [-0.2, -0.15) is 5.10 Å². The highest BCUT2D eigenvalue weighted by atomic mass is 16.5. The number of pyridine rings is 2. The Balaban J connectivity index is 1.30. The van der Waals surface area contributed by atoms with Gasteiger partial charge in [-0.1, -0.05) is 24.3 Å². The summed E-state index contributed by atoms with van der Waals surface area (Å²) in [6, 6.07) is 22.2. The first kappa shape index (κ1) is 24.5. The van der Waals surface area contributed by atoms with E-state index in [9.17, 15) is 4.79 Å². The van der Waals surface area contributed by atoms with Gasteiger partial charge in [0.1, 0.15) is 23.7 Å². The molecule has 0 saturated heterocycles. The fraction of sp³-hybridized carbons (Fsp3) is 0.100. The van der Waals surface area contributed by atoms with Crippen LogP contribution >= 0.6 is 0 Å². The number of ether oxygens (including phenoxy) is 1. The second kappa shape index (κ2) is 9.88. The fourth-order valence-corrected chi connectivity index (χ4v) is 5.12. The van der Waals surface area contributed by atoms with Crippen molar-refractivity contribution >= 4 is 22.9 Å². The number of imidazole rings is 1. The van der Waals surface area contributed by atoms with E-state index >= 15 is 0 Å². The highest BCUT2D eigenvalue weighted by Crippen LogP contribution is 2.37. The second-order valence-corrected chi connectivity index (χ2v) is 9.59. The van der Waals surface area contributed by atoms with Gasteiger partial charge in [0.25, 0.3) is 5.91 Å². The van der Waals surface area contributed by atoms with Gasteiger partial charge in [0.2, 0.25) is 0 Å². The molecule has 1 aliphatic rings. The topological polar surface area (TPSA) is 152 Å². The molecule has 5 N–H and O–H groups in total. The number of aromatic nitrogens is 6. The lowest BCUT2D eigenvalue weighted by molar-refractivity contribution is 0.0929. The Hall–Kier alpha value is -5.55. The molecule has 0 fully saturated rings. The number of hydrogen-bond acceptors (Lipinski definition) is 8. The van der Waals surface area contributed by atoms with E-state index in [1.807, 2.05) is 77.5 Å². The molecule has 0 bridgehead atoms. The molecule has 11 nitrogen and oxygen atoms in total. The normalized spacial score (nSPS) is 14.1. The predicted octanol–water partition coefficient (Wildman–Crippen LogP) is 3.57. The van der Waals surface area contributed by atoms with Gasteiger partial charge >= 0.3 is 0 Å². The number of nitrogens with two attached hydrogens (primary N) is 2. The summed E-state index contributed by atoms with van der Waals surface area (Å²) in [5.41, 5.74) is 17.1. The zero-order valence-electron chi connectivity index (χ0n) is 21.8. The van der Waals surface area contributed by atoms with Gasteiger partial charge in [0.15, 0.2) is 17.3 Å². The first-order valence-corrected chi connectivity index (χ1v) is 13.1. The molecule has 7 rings (SSSR count). The highest BCUT2D eigenvalue weighted by Gasteiger charge is 2.28. The number of benzene rings is 2.